The summed E-state index contributed by atoms with van der Waals surface area (Å²) in [6.45, 7) is 3.18. The van der Waals surface area contributed by atoms with E-state index < -0.39 is 159 Å². The number of carbonyl (C=O) groups is 4. The molecule has 0 aliphatic carbocycles. The van der Waals surface area contributed by atoms with E-state index in [9.17, 15) is 65.1 Å². The lowest BCUT2D eigenvalue weighted by Crippen LogP contribution is -2.70. The molecule has 4 rings (SSSR count). The molecule has 2 amide bonds. The summed E-state index contributed by atoms with van der Waals surface area (Å²) in [5.41, 5.74) is 0. The Morgan fingerprint density at radius 1 is 0.574 bits per heavy atom. The van der Waals surface area contributed by atoms with Gasteiger partial charge in [-0.1, -0.05) is 0 Å². The molecule has 0 aromatic heterocycles. The summed E-state index contributed by atoms with van der Waals surface area (Å²) in [7, 11) is 1.16. The highest BCUT2D eigenvalue weighted by Gasteiger charge is 2.57. The summed E-state index contributed by atoms with van der Waals surface area (Å²) in [6, 6.07) is -2.79. The van der Waals surface area contributed by atoms with Gasteiger partial charge in [0.1, 0.15) is 85.4 Å². The lowest BCUT2D eigenvalue weighted by atomic mass is 9.92. The van der Waals surface area contributed by atoms with Crippen LogP contribution in [0.25, 0.3) is 0 Å². The first-order valence-electron chi connectivity index (χ1n) is 17.0. The Kier molecular flexibility index (Phi) is 15.2. The second-order valence-corrected chi connectivity index (χ2v) is 13.5. The van der Waals surface area contributed by atoms with Gasteiger partial charge in [-0.15, -0.1) is 0 Å². The van der Waals surface area contributed by atoms with Crippen LogP contribution in [0.3, 0.4) is 0 Å². The van der Waals surface area contributed by atoms with E-state index in [1.807, 2.05) is 0 Å². The van der Waals surface area contributed by atoms with Crippen LogP contribution >= 0.6 is 0 Å². The molecule has 0 aromatic carbocycles. The number of carboxylic acids is 1. The number of methoxy groups -OCH3 is 1. The molecular formula is C31H50N2O21. The van der Waals surface area contributed by atoms with Crippen LogP contribution in [0.5, 0.6) is 0 Å². The van der Waals surface area contributed by atoms with Crippen molar-refractivity contribution in [1.82, 2.24) is 10.6 Å². The van der Waals surface area contributed by atoms with Crippen molar-refractivity contribution in [2.45, 2.75) is 150 Å². The lowest BCUT2D eigenvalue weighted by Gasteiger charge is -2.50. The Labute approximate surface area is 307 Å². The summed E-state index contributed by atoms with van der Waals surface area (Å²) >= 11 is 0. The van der Waals surface area contributed by atoms with Gasteiger partial charge in [-0.25, -0.2) is 4.79 Å². The Morgan fingerprint density at radius 3 is 1.48 bits per heavy atom. The molecule has 23 nitrogen and oxygen atoms in total. The number of nitrogens with one attached hydrogen (secondary N) is 2. The molecule has 0 aromatic rings. The smallest absolute Gasteiger partial charge is 0.335 e. The van der Waals surface area contributed by atoms with E-state index in [0.717, 1.165) is 27.9 Å². The summed E-state index contributed by atoms with van der Waals surface area (Å²) in [6.07, 6.45) is -31.3. The fourth-order valence-electron chi connectivity index (χ4n) is 6.92. The Hall–Kier alpha value is -2.56. The highest BCUT2D eigenvalue weighted by molar-refractivity contribution is 5.81. The average Bonchev–Trinajstić information content (AvgIpc) is 3.10. The highest BCUT2D eigenvalue weighted by atomic mass is 16.8. The first-order chi connectivity index (χ1) is 25.4. The molecule has 23 heteroatoms. The number of carbonyl (C=O) groups excluding carboxylic acids is 3. The zero-order chi connectivity index (χ0) is 40.3. The molecule has 0 radical (unpaired) electrons. The number of aliphatic hydroxyl groups excluding tert-OH is 8. The first-order valence-corrected chi connectivity index (χ1v) is 17.0. The molecule has 4 aliphatic rings. The van der Waals surface area contributed by atoms with Gasteiger partial charge in [0.15, 0.2) is 30.8 Å². The van der Waals surface area contributed by atoms with Crippen molar-refractivity contribution in [3.05, 3.63) is 0 Å². The van der Waals surface area contributed by atoms with Crippen LogP contribution in [-0.2, 0) is 57.1 Å². The predicted molar refractivity (Wildman–Crippen MR) is 169 cm³/mol. The van der Waals surface area contributed by atoms with Gasteiger partial charge in [0.25, 0.3) is 0 Å². The number of hydrogen-bond donors (Lipinski definition) is 11. The van der Waals surface area contributed by atoms with E-state index in [4.69, 9.17) is 37.9 Å². The zero-order valence-electron chi connectivity index (χ0n) is 29.9. The summed E-state index contributed by atoms with van der Waals surface area (Å²) in [5, 5.41) is 101. The molecule has 4 heterocycles. The number of rotatable bonds is 13. The Morgan fingerprint density at radius 2 is 1.02 bits per heavy atom. The van der Waals surface area contributed by atoms with Gasteiger partial charge in [0.05, 0.1) is 25.4 Å². The van der Waals surface area contributed by atoms with E-state index in [1.54, 1.807) is 0 Å². The second kappa shape index (κ2) is 18.6. The maximum Gasteiger partial charge on any atom is 0.335 e. The molecule has 0 spiro atoms. The largest absolute Gasteiger partial charge is 0.479 e. The lowest BCUT2D eigenvalue weighted by molar-refractivity contribution is -0.366. The van der Waals surface area contributed by atoms with Gasteiger partial charge in [0, 0.05) is 21.0 Å². The molecule has 310 valence electrons. The maximum absolute atomic E-state index is 12.6. The minimum absolute atomic E-state index is 0.575. The van der Waals surface area contributed by atoms with Crippen LogP contribution < -0.4 is 10.6 Å². The van der Waals surface area contributed by atoms with E-state index in [0.29, 0.717) is 0 Å². The Balaban J connectivity index is 1.62. The summed E-state index contributed by atoms with van der Waals surface area (Å²) < 4.78 is 44.8. The van der Waals surface area contributed by atoms with Crippen LogP contribution in [-0.4, -0.2) is 212 Å². The van der Waals surface area contributed by atoms with Crippen LogP contribution in [0, 0.1) is 0 Å². The van der Waals surface area contributed by atoms with Crippen molar-refractivity contribution in [3.63, 3.8) is 0 Å². The summed E-state index contributed by atoms with van der Waals surface area (Å²) in [4.78, 5) is 49.2. The number of aliphatic carboxylic acids is 1. The first kappa shape index (κ1) is 44.2. The van der Waals surface area contributed by atoms with Crippen LogP contribution in [0.4, 0.5) is 0 Å². The highest BCUT2D eigenvalue weighted by Crippen LogP contribution is 2.35. The third-order valence-electron chi connectivity index (χ3n) is 9.62. The van der Waals surface area contributed by atoms with Gasteiger partial charge in [-0.3, -0.25) is 14.4 Å². The van der Waals surface area contributed by atoms with Crippen LogP contribution in [0.15, 0.2) is 0 Å². The van der Waals surface area contributed by atoms with Crippen molar-refractivity contribution in [1.29, 1.82) is 0 Å². The molecule has 4 saturated heterocycles. The molecule has 8 unspecified atom stereocenters. The van der Waals surface area contributed by atoms with Crippen molar-refractivity contribution in [3.8, 4) is 0 Å². The van der Waals surface area contributed by atoms with E-state index in [1.165, 1.54) is 6.92 Å². The standard InChI is InChI=1S/C31H50N2O21/c1-8(36)22-25(47-5)18(41)20(43)30(50-22)52-24-15(33-11(4)38)29(49-13(7-35)17(24)40)53-26-19(42)21(44)31(54-27(26)28(45)46)51-23-14(32-10(3)37)9(2)48-12(6-34)16(23)39/h9,12-27,29-31,34-35,39-44H,6-7H2,1-5H3,(H,32,37)(H,33,38)(H,45,46)/t9-,12?,13?,14?,15?,16+,17+,18+,19+,20?,21?,22?,23+,24+,25-,26-,27?,29-,30-,31+/m0/s1. The van der Waals surface area contributed by atoms with E-state index >= 15 is 0 Å². The SMILES string of the molecule is CO[C@@H]1C(C(C)=O)O[C@@H](O[C@@H]2C(NC(C)=O)[C@H](O[C@@H]3C(C(=O)O)O[C@@H](O[C@@H]4C(NC(C)=O)[C@H](C)OC(CO)[C@H]4O)C(O)[C@H]3O)OC(CO)[C@H]2O)C(O)[C@H]1O. The quantitative estimate of drug-likeness (QED) is 0.0826. The number of ketones is 1. The van der Waals surface area contributed by atoms with Gasteiger partial charge >= 0.3 is 5.97 Å². The number of ether oxygens (including phenoxy) is 8. The number of carboxylic acid groups (broad SMARTS) is 1. The molecule has 0 saturated carbocycles. The van der Waals surface area contributed by atoms with Gasteiger partial charge in [-0.05, 0) is 13.8 Å². The third-order valence-corrected chi connectivity index (χ3v) is 9.62. The average molecular weight is 787 g/mol. The normalized spacial score (nSPS) is 45.6. The maximum atomic E-state index is 12.6. The predicted octanol–water partition coefficient (Wildman–Crippen LogP) is -7.05. The van der Waals surface area contributed by atoms with Gasteiger partial charge in [0.2, 0.25) is 11.8 Å². The minimum Gasteiger partial charge on any atom is -0.479 e. The monoisotopic (exact) mass is 786 g/mol. The van der Waals surface area contributed by atoms with Gasteiger partial charge in [-0.2, -0.15) is 0 Å². The summed E-state index contributed by atoms with van der Waals surface area (Å²) in [5.74, 6) is -3.78. The van der Waals surface area contributed by atoms with Crippen LogP contribution in [0.2, 0.25) is 0 Å². The zero-order valence-corrected chi connectivity index (χ0v) is 29.9. The fraction of sp³-hybridized carbons (Fsp3) is 0.871. The van der Waals surface area contributed by atoms with Crippen molar-refractivity contribution in [2.24, 2.45) is 0 Å². The van der Waals surface area contributed by atoms with E-state index in [2.05, 4.69) is 10.6 Å². The number of hydrogen-bond acceptors (Lipinski definition) is 20. The Bertz CT molecular complexity index is 1310. The topological polar surface area (TPSA) is 348 Å². The fourth-order valence-corrected chi connectivity index (χ4v) is 6.92. The van der Waals surface area contributed by atoms with E-state index in [-0.39, 0.29) is 0 Å². The molecule has 4 fully saturated rings. The molecule has 0 bridgehead atoms. The molecule has 11 N–H and O–H groups in total. The minimum atomic E-state index is -2.20. The molecule has 54 heavy (non-hydrogen) atoms. The number of aliphatic hydroxyl groups is 8. The molecule has 20 atom stereocenters. The van der Waals surface area contributed by atoms with Crippen molar-refractivity contribution < 1.29 is 103 Å². The number of amides is 2. The molecular weight excluding hydrogens is 736 g/mol. The second-order valence-electron chi connectivity index (χ2n) is 13.5. The molecule has 4 aliphatic heterocycles. The van der Waals surface area contributed by atoms with Crippen molar-refractivity contribution in [2.75, 3.05) is 20.3 Å². The number of Topliss-reactive ketones (excluding diaryl/α,β-unsaturated/α-hetero) is 1. The van der Waals surface area contributed by atoms with Gasteiger partial charge < -0.3 is 94.5 Å². The van der Waals surface area contributed by atoms with Crippen LogP contribution in [0.1, 0.15) is 27.7 Å². The van der Waals surface area contributed by atoms with Crippen molar-refractivity contribution >= 4 is 23.6 Å². The third kappa shape index (κ3) is 9.34.